The standard InChI is InChI=1S/C8H14Cl/c1-6(2)4-7-5-8(7,3)9/h6H,4-5H2,1-3H3. The molecule has 0 saturated heterocycles. The molecule has 0 aromatic carbocycles. The smallest absolute Gasteiger partial charge is 0.0487 e. The Morgan fingerprint density at radius 2 is 2.11 bits per heavy atom. The molecular formula is C8H14Cl. The van der Waals surface area contributed by atoms with Crippen molar-refractivity contribution in [2.24, 2.45) is 5.92 Å². The summed E-state index contributed by atoms with van der Waals surface area (Å²) < 4.78 is 0. The molecule has 0 bridgehead atoms. The summed E-state index contributed by atoms with van der Waals surface area (Å²) in [6.07, 6.45) is 2.37. The van der Waals surface area contributed by atoms with E-state index in [4.69, 9.17) is 11.6 Å². The van der Waals surface area contributed by atoms with E-state index in [0.29, 0.717) is 0 Å². The molecule has 1 saturated carbocycles. The molecule has 0 aromatic heterocycles. The van der Waals surface area contributed by atoms with Crippen LogP contribution in [0.4, 0.5) is 0 Å². The highest BCUT2D eigenvalue weighted by atomic mass is 35.5. The molecule has 1 aliphatic carbocycles. The van der Waals surface area contributed by atoms with Crippen LogP contribution in [0.3, 0.4) is 0 Å². The molecule has 53 valence electrons. The van der Waals surface area contributed by atoms with Crippen molar-refractivity contribution < 1.29 is 0 Å². The van der Waals surface area contributed by atoms with Crippen LogP contribution in [0, 0.1) is 11.8 Å². The lowest BCUT2D eigenvalue weighted by atomic mass is 10.1. The first-order valence-corrected chi connectivity index (χ1v) is 3.94. The Morgan fingerprint density at radius 3 is 2.22 bits per heavy atom. The summed E-state index contributed by atoms with van der Waals surface area (Å²) in [7, 11) is 0. The second kappa shape index (κ2) is 2.16. The molecule has 0 nitrogen and oxygen atoms in total. The summed E-state index contributed by atoms with van der Waals surface area (Å²) >= 11 is 6.01. The molecule has 0 spiro atoms. The fourth-order valence-electron chi connectivity index (χ4n) is 1.13. The SMILES string of the molecule is CC(C)C[C]1CC1(C)Cl. The van der Waals surface area contributed by atoms with Crippen molar-refractivity contribution >= 4 is 11.6 Å². The highest BCUT2D eigenvalue weighted by molar-refractivity contribution is 6.28. The summed E-state index contributed by atoms with van der Waals surface area (Å²) in [5, 5.41) is 0. The lowest BCUT2D eigenvalue weighted by Gasteiger charge is -2.02. The molecule has 1 fully saturated rings. The third-order valence-electron chi connectivity index (χ3n) is 1.81. The third kappa shape index (κ3) is 1.86. The molecule has 1 rings (SSSR count). The first-order chi connectivity index (χ1) is 4.02. The van der Waals surface area contributed by atoms with Gasteiger partial charge in [0.1, 0.15) is 0 Å². The van der Waals surface area contributed by atoms with E-state index in [-0.39, 0.29) is 4.87 Å². The van der Waals surface area contributed by atoms with Crippen LogP contribution in [0.1, 0.15) is 33.6 Å². The van der Waals surface area contributed by atoms with E-state index in [0.717, 1.165) is 12.3 Å². The Balaban J connectivity index is 2.20. The topological polar surface area (TPSA) is 0 Å². The van der Waals surface area contributed by atoms with E-state index in [9.17, 15) is 0 Å². The Hall–Kier alpha value is 0.290. The normalized spacial score (nSPS) is 35.7. The Kier molecular flexibility index (Phi) is 1.77. The van der Waals surface area contributed by atoms with Gasteiger partial charge in [-0.2, -0.15) is 0 Å². The van der Waals surface area contributed by atoms with Gasteiger partial charge in [-0.3, -0.25) is 0 Å². The van der Waals surface area contributed by atoms with Gasteiger partial charge in [-0.25, -0.2) is 0 Å². The van der Waals surface area contributed by atoms with Crippen LogP contribution in [0.5, 0.6) is 0 Å². The molecule has 9 heavy (non-hydrogen) atoms. The van der Waals surface area contributed by atoms with Crippen molar-refractivity contribution in [3.8, 4) is 0 Å². The van der Waals surface area contributed by atoms with E-state index in [1.54, 1.807) is 5.92 Å². The zero-order chi connectivity index (χ0) is 7.07. The van der Waals surface area contributed by atoms with Crippen molar-refractivity contribution in [3.63, 3.8) is 0 Å². The van der Waals surface area contributed by atoms with Crippen molar-refractivity contribution in [2.45, 2.75) is 38.5 Å². The van der Waals surface area contributed by atoms with Gasteiger partial charge >= 0.3 is 0 Å². The van der Waals surface area contributed by atoms with Gasteiger partial charge in [-0.1, -0.05) is 13.8 Å². The minimum atomic E-state index is 0.0876. The number of rotatable bonds is 2. The van der Waals surface area contributed by atoms with E-state index in [2.05, 4.69) is 20.8 Å². The minimum Gasteiger partial charge on any atom is -0.119 e. The van der Waals surface area contributed by atoms with Crippen molar-refractivity contribution in [1.29, 1.82) is 0 Å². The maximum absolute atomic E-state index is 6.01. The van der Waals surface area contributed by atoms with Gasteiger partial charge in [0.2, 0.25) is 0 Å². The average molecular weight is 146 g/mol. The van der Waals surface area contributed by atoms with Crippen LogP contribution in [0.25, 0.3) is 0 Å². The molecule has 1 aliphatic rings. The van der Waals surface area contributed by atoms with Crippen molar-refractivity contribution in [1.82, 2.24) is 0 Å². The first kappa shape index (κ1) is 7.40. The van der Waals surface area contributed by atoms with Gasteiger partial charge < -0.3 is 0 Å². The molecule has 0 aliphatic heterocycles. The van der Waals surface area contributed by atoms with Crippen LogP contribution in [-0.4, -0.2) is 4.87 Å². The molecule has 0 aromatic rings. The van der Waals surface area contributed by atoms with Gasteiger partial charge in [-0.15, -0.1) is 11.6 Å². The summed E-state index contributed by atoms with van der Waals surface area (Å²) in [6, 6.07) is 0. The molecule has 1 unspecified atom stereocenters. The Morgan fingerprint density at radius 1 is 1.67 bits per heavy atom. The molecule has 1 radical (unpaired) electrons. The molecular weight excluding hydrogens is 132 g/mol. The predicted octanol–water partition coefficient (Wildman–Crippen LogP) is 3.01. The molecule has 1 heteroatoms. The largest absolute Gasteiger partial charge is 0.119 e. The van der Waals surface area contributed by atoms with Crippen LogP contribution in [0.15, 0.2) is 0 Å². The quantitative estimate of drug-likeness (QED) is 0.524. The Labute approximate surface area is 62.6 Å². The van der Waals surface area contributed by atoms with Gasteiger partial charge in [0.15, 0.2) is 0 Å². The predicted molar refractivity (Wildman–Crippen MR) is 41.6 cm³/mol. The summed E-state index contributed by atoms with van der Waals surface area (Å²) in [4.78, 5) is 0.0876. The lowest BCUT2D eigenvalue weighted by molar-refractivity contribution is 0.623. The maximum atomic E-state index is 6.01. The summed E-state index contributed by atoms with van der Waals surface area (Å²) in [6.45, 7) is 6.57. The van der Waals surface area contributed by atoms with Gasteiger partial charge in [0.25, 0.3) is 0 Å². The van der Waals surface area contributed by atoms with Gasteiger partial charge in [0.05, 0.1) is 0 Å². The van der Waals surface area contributed by atoms with E-state index >= 15 is 0 Å². The zero-order valence-electron chi connectivity index (χ0n) is 6.37. The van der Waals surface area contributed by atoms with Crippen LogP contribution < -0.4 is 0 Å². The second-order valence-corrected chi connectivity index (χ2v) is 4.41. The fraction of sp³-hybridized carbons (Fsp3) is 0.875. The maximum Gasteiger partial charge on any atom is 0.0487 e. The van der Waals surface area contributed by atoms with E-state index in [1.165, 1.54) is 6.42 Å². The molecule has 0 heterocycles. The summed E-state index contributed by atoms with van der Waals surface area (Å²) in [5.74, 6) is 2.32. The van der Waals surface area contributed by atoms with Crippen LogP contribution >= 0.6 is 11.6 Å². The highest BCUT2D eigenvalue weighted by Gasteiger charge is 2.48. The number of halogens is 1. The molecule has 0 N–H and O–H groups in total. The van der Waals surface area contributed by atoms with Gasteiger partial charge in [0, 0.05) is 4.87 Å². The van der Waals surface area contributed by atoms with Crippen LogP contribution in [-0.2, 0) is 0 Å². The van der Waals surface area contributed by atoms with E-state index in [1.807, 2.05) is 0 Å². The number of hydrogen-bond acceptors (Lipinski definition) is 0. The number of hydrogen-bond donors (Lipinski definition) is 0. The summed E-state index contributed by atoms with van der Waals surface area (Å²) in [5.41, 5.74) is 0. The van der Waals surface area contributed by atoms with Crippen LogP contribution in [0.2, 0.25) is 0 Å². The fourth-order valence-corrected chi connectivity index (χ4v) is 1.37. The monoisotopic (exact) mass is 145 g/mol. The Bertz CT molecular complexity index is 105. The molecule has 0 amide bonds. The highest BCUT2D eigenvalue weighted by Crippen LogP contribution is 2.54. The second-order valence-electron chi connectivity index (χ2n) is 3.58. The lowest BCUT2D eigenvalue weighted by Crippen LogP contribution is -1.95. The minimum absolute atomic E-state index is 0.0876. The molecule has 1 atom stereocenters. The zero-order valence-corrected chi connectivity index (χ0v) is 7.13. The van der Waals surface area contributed by atoms with Gasteiger partial charge in [-0.05, 0) is 31.6 Å². The van der Waals surface area contributed by atoms with Crippen molar-refractivity contribution in [2.75, 3.05) is 0 Å². The third-order valence-corrected chi connectivity index (χ3v) is 2.21. The van der Waals surface area contributed by atoms with Crippen molar-refractivity contribution in [3.05, 3.63) is 5.92 Å². The first-order valence-electron chi connectivity index (χ1n) is 3.56. The van der Waals surface area contributed by atoms with E-state index < -0.39 is 0 Å². The average Bonchev–Trinajstić information content (AvgIpc) is 2.10. The number of alkyl halides is 1.